The van der Waals surface area contributed by atoms with Gasteiger partial charge in [0.2, 0.25) is 5.91 Å². The van der Waals surface area contributed by atoms with E-state index in [-0.39, 0.29) is 11.6 Å². The van der Waals surface area contributed by atoms with Crippen molar-refractivity contribution in [1.29, 1.82) is 0 Å². The lowest BCUT2D eigenvalue weighted by molar-refractivity contribution is -0.402. The molecular formula is C17H14N4O4. The number of carbonyl (C=O) groups is 1. The normalized spacial score (nSPS) is 10.9. The van der Waals surface area contributed by atoms with E-state index < -0.39 is 10.8 Å². The highest BCUT2D eigenvalue weighted by molar-refractivity contribution is 6.01. The van der Waals surface area contributed by atoms with Crippen LogP contribution in [0.5, 0.6) is 0 Å². The summed E-state index contributed by atoms with van der Waals surface area (Å²) in [4.78, 5) is 21.8. The molecule has 0 aliphatic rings. The molecule has 0 saturated heterocycles. The van der Waals surface area contributed by atoms with Crippen LogP contribution >= 0.6 is 0 Å². The molecule has 2 aromatic heterocycles. The smallest absolute Gasteiger partial charge is 0.401 e. The number of nitro groups is 1. The molecule has 3 aromatic rings. The summed E-state index contributed by atoms with van der Waals surface area (Å²) in [5, 5.41) is 17.4. The Bertz CT molecular complexity index is 912. The van der Waals surface area contributed by atoms with E-state index in [2.05, 4.69) is 10.4 Å². The van der Waals surface area contributed by atoms with Gasteiger partial charge in [-0.05, 0) is 17.7 Å². The molecule has 8 nitrogen and oxygen atoms in total. The Hall–Kier alpha value is -3.68. The third kappa shape index (κ3) is 4.41. The lowest BCUT2D eigenvalue weighted by Gasteiger charge is -2.01. The highest BCUT2D eigenvalue weighted by Gasteiger charge is 2.10. The van der Waals surface area contributed by atoms with Crippen molar-refractivity contribution < 1.29 is 14.1 Å². The van der Waals surface area contributed by atoms with E-state index in [1.807, 2.05) is 30.3 Å². The molecule has 0 fully saturated rings. The van der Waals surface area contributed by atoms with Gasteiger partial charge in [-0.25, -0.2) is 0 Å². The van der Waals surface area contributed by atoms with Crippen LogP contribution in [0, 0.1) is 10.1 Å². The van der Waals surface area contributed by atoms with Crippen LogP contribution in [0.1, 0.15) is 11.3 Å². The predicted molar refractivity (Wildman–Crippen MR) is 90.8 cm³/mol. The fourth-order valence-corrected chi connectivity index (χ4v) is 2.14. The highest BCUT2D eigenvalue weighted by atomic mass is 16.6. The number of rotatable bonds is 6. The van der Waals surface area contributed by atoms with Crippen molar-refractivity contribution >= 4 is 23.7 Å². The van der Waals surface area contributed by atoms with E-state index >= 15 is 0 Å². The molecule has 1 aromatic carbocycles. The maximum Gasteiger partial charge on any atom is 0.433 e. The number of carbonyl (C=O) groups excluding carboxylic acids is 1. The fraction of sp³-hybridized carbons (Fsp3) is 0.0588. The number of amides is 1. The molecule has 2 heterocycles. The van der Waals surface area contributed by atoms with Gasteiger partial charge in [0.15, 0.2) is 5.82 Å². The first-order valence-corrected chi connectivity index (χ1v) is 7.41. The van der Waals surface area contributed by atoms with Crippen molar-refractivity contribution in [3.8, 4) is 0 Å². The van der Waals surface area contributed by atoms with E-state index in [0.717, 1.165) is 5.56 Å². The van der Waals surface area contributed by atoms with Crippen LogP contribution in [0.4, 0.5) is 11.7 Å². The van der Waals surface area contributed by atoms with Crippen molar-refractivity contribution in [2.45, 2.75) is 6.54 Å². The minimum absolute atomic E-state index is 0.219. The zero-order valence-electron chi connectivity index (χ0n) is 13.0. The summed E-state index contributed by atoms with van der Waals surface area (Å²) >= 11 is 0. The summed E-state index contributed by atoms with van der Waals surface area (Å²) < 4.78 is 6.64. The average molecular weight is 338 g/mol. The van der Waals surface area contributed by atoms with E-state index in [1.165, 1.54) is 24.3 Å². The SMILES string of the molecule is O=C(/C=C/c1ccc([N+](=O)[O-])o1)Nc1ccn(Cc2ccccc2)n1. The van der Waals surface area contributed by atoms with E-state index in [4.69, 9.17) is 4.42 Å². The van der Waals surface area contributed by atoms with Gasteiger partial charge in [0.05, 0.1) is 12.6 Å². The molecule has 0 aliphatic heterocycles. The number of nitrogens with one attached hydrogen (secondary N) is 1. The van der Waals surface area contributed by atoms with Crippen molar-refractivity contribution in [2.75, 3.05) is 5.32 Å². The minimum Gasteiger partial charge on any atom is -0.401 e. The zero-order chi connectivity index (χ0) is 17.6. The maximum absolute atomic E-state index is 11.9. The number of benzene rings is 1. The fourth-order valence-electron chi connectivity index (χ4n) is 2.14. The maximum atomic E-state index is 11.9. The van der Waals surface area contributed by atoms with Gasteiger partial charge in [0, 0.05) is 18.3 Å². The van der Waals surface area contributed by atoms with Crippen molar-refractivity contribution in [2.24, 2.45) is 0 Å². The van der Waals surface area contributed by atoms with Crippen LogP contribution in [-0.4, -0.2) is 20.6 Å². The summed E-state index contributed by atoms with van der Waals surface area (Å²) in [6.45, 7) is 0.600. The first-order valence-electron chi connectivity index (χ1n) is 7.41. The highest BCUT2D eigenvalue weighted by Crippen LogP contribution is 2.16. The largest absolute Gasteiger partial charge is 0.433 e. The molecule has 0 saturated carbocycles. The molecule has 0 unspecified atom stereocenters. The average Bonchev–Trinajstić information content (AvgIpc) is 3.23. The Morgan fingerprint density at radius 1 is 1.24 bits per heavy atom. The first-order chi connectivity index (χ1) is 12.1. The standard InChI is InChI=1S/C17H14N4O4/c22-16(8-6-14-7-9-17(25-14)21(23)24)18-15-10-11-20(19-15)12-13-4-2-1-3-5-13/h1-11H,12H2,(H,18,19,22)/b8-6+. The topological polar surface area (TPSA) is 103 Å². The Balaban J connectivity index is 1.57. The number of hydrogen-bond acceptors (Lipinski definition) is 5. The molecule has 8 heteroatoms. The Kier molecular flexibility index (Phi) is 4.70. The van der Waals surface area contributed by atoms with Crippen LogP contribution in [0.2, 0.25) is 0 Å². The van der Waals surface area contributed by atoms with E-state index in [1.54, 1.807) is 16.9 Å². The first kappa shape index (κ1) is 16.2. The third-order valence-electron chi connectivity index (χ3n) is 3.27. The molecule has 1 N–H and O–H groups in total. The summed E-state index contributed by atoms with van der Waals surface area (Å²) in [6.07, 6.45) is 4.34. The van der Waals surface area contributed by atoms with Crippen LogP contribution < -0.4 is 5.32 Å². The number of aromatic nitrogens is 2. The molecular weight excluding hydrogens is 324 g/mol. The molecule has 0 atom stereocenters. The molecule has 0 spiro atoms. The molecule has 0 bridgehead atoms. The quantitative estimate of drug-likeness (QED) is 0.422. The number of furan rings is 1. The molecule has 0 aliphatic carbocycles. The van der Waals surface area contributed by atoms with Gasteiger partial charge in [0.25, 0.3) is 0 Å². The molecule has 3 rings (SSSR count). The molecule has 126 valence electrons. The Labute approximate surface area is 142 Å². The summed E-state index contributed by atoms with van der Waals surface area (Å²) in [5.41, 5.74) is 1.10. The lowest BCUT2D eigenvalue weighted by Crippen LogP contribution is -2.09. The van der Waals surface area contributed by atoms with Gasteiger partial charge in [-0.15, -0.1) is 0 Å². The van der Waals surface area contributed by atoms with Gasteiger partial charge >= 0.3 is 5.88 Å². The van der Waals surface area contributed by atoms with Crippen LogP contribution in [0.15, 0.2) is 65.2 Å². The van der Waals surface area contributed by atoms with Crippen molar-refractivity contribution in [1.82, 2.24) is 9.78 Å². The second-order valence-electron chi connectivity index (χ2n) is 5.14. The van der Waals surface area contributed by atoms with Gasteiger partial charge in [-0.2, -0.15) is 5.10 Å². The van der Waals surface area contributed by atoms with Crippen LogP contribution in [0.25, 0.3) is 6.08 Å². The second kappa shape index (κ2) is 7.26. The zero-order valence-corrected chi connectivity index (χ0v) is 13.0. The predicted octanol–water partition coefficient (Wildman–Crippen LogP) is 3.08. The monoisotopic (exact) mass is 338 g/mol. The Morgan fingerprint density at radius 2 is 2.04 bits per heavy atom. The number of anilines is 1. The van der Waals surface area contributed by atoms with E-state index in [9.17, 15) is 14.9 Å². The van der Waals surface area contributed by atoms with Gasteiger partial charge in [0.1, 0.15) is 10.7 Å². The minimum atomic E-state index is -0.642. The van der Waals surface area contributed by atoms with Crippen LogP contribution in [-0.2, 0) is 11.3 Å². The van der Waals surface area contributed by atoms with Gasteiger partial charge < -0.3 is 9.73 Å². The number of nitrogens with zero attached hydrogens (tertiary/aromatic N) is 3. The summed E-state index contributed by atoms with van der Waals surface area (Å²) in [6, 6.07) is 14.1. The molecule has 0 radical (unpaired) electrons. The molecule has 1 amide bonds. The summed E-state index contributed by atoms with van der Waals surface area (Å²) in [7, 11) is 0. The van der Waals surface area contributed by atoms with Crippen molar-refractivity contribution in [3.63, 3.8) is 0 Å². The molecule has 25 heavy (non-hydrogen) atoms. The second-order valence-corrected chi connectivity index (χ2v) is 5.14. The summed E-state index contributed by atoms with van der Waals surface area (Å²) in [5.74, 6) is -0.156. The van der Waals surface area contributed by atoms with Gasteiger partial charge in [-0.1, -0.05) is 30.3 Å². The van der Waals surface area contributed by atoms with E-state index in [0.29, 0.717) is 12.4 Å². The Morgan fingerprint density at radius 3 is 2.76 bits per heavy atom. The lowest BCUT2D eigenvalue weighted by atomic mass is 10.2. The number of hydrogen-bond donors (Lipinski definition) is 1. The van der Waals surface area contributed by atoms with Gasteiger partial charge in [-0.3, -0.25) is 19.6 Å². The van der Waals surface area contributed by atoms with Crippen LogP contribution in [0.3, 0.4) is 0 Å². The van der Waals surface area contributed by atoms with Crippen molar-refractivity contribution in [3.05, 3.63) is 82.2 Å². The third-order valence-corrected chi connectivity index (χ3v) is 3.27.